The molecule has 3 aromatic rings. The second-order valence-corrected chi connectivity index (χ2v) is 8.71. The van der Waals surface area contributed by atoms with Crippen LogP contribution in [0.4, 0.5) is 45.3 Å². The number of pyridine rings is 2. The summed E-state index contributed by atoms with van der Waals surface area (Å²) in [6, 6.07) is 2.55. The van der Waals surface area contributed by atoms with E-state index in [0.717, 1.165) is 12.1 Å². The van der Waals surface area contributed by atoms with Crippen molar-refractivity contribution in [2.45, 2.75) is 49.9 Å². The average molecular weight is 521 g/mol. The molecule has 14 heteroatoms. The fourth-order valence-corrected chi connectivity index (χ4v) is 5.05. The number of nitrogens with zero attached hydrogens (tertiary/aromatic N) is 5. The van der Waals surface area contributed by atoms with Crippen molar-refractivity contribution in [1.82, 2.24) is 19.5 Å². The van der Waals surface area contributed by atoms with Gasteiger partial charge in [0.15, 0.2) is 0 Å². The van der Waals surface area contributed by atoms with Gasteiger partial charge in [-0.2, -0.15) is 39.5 Å². The van der Waals surface area contributed by atoms with Gasteiger partial charge in [-0.3, -0.25) is 4.57 Å². The number of halogens is 9. The van der Waals surface area contributed by atoms with Gasteiger partial charge >= 0.3 is 18.5 Å². The highest BCUT2D eigenvalue weighted by molar-refractivity contribution is 5.50. The lowest BCUT2D eigenvalue weighted by Crippen LogP contribution is -2.37. The molecule has 0 spiro atoms. The lowest BCUT2D eigenvalue weighted by molar-refractivity contribution is -0.145. The summed E-state index contributed by atoms with van der Waals surface area (Å²) in [5, 5.41) is 0. The van der Waals surface area contributed by atoms with Crippen LogP contribution in [0.2, 0.25) is 0 Å². The third kappa shape index (κ3) is 4.26. The van der Waals surface area contributed by atoms with Crippen LogP contribution in [0, 0.1) is 5.92 Å². The Morgan fingerprint density at radius 3 is 2.14 bits per heavy atom. The first kappa shape index (κ1) is 24.4. The number of hydrogen-bond acceptors (Lipinski definition) is 4. The van der Waals surface area contributed by atoms with Crippen molar-refractivity contribution < 1.29 is 39.5 Å². The first-order chi connectivity index (χ1) is 16.7. The zero-order valence-corrected chi connectivity index (χ0v) is 18.0. The van der Waals surface area contributed by atoms with Gasteiger partial charge in [0.25, 0.3) is 0 Å². The highest BCUT2D eigenvalue weighted by Gasteiger charge is 2.50. The van der Waals surface area contributed by atoms with Gasteiger partial charge in [0.2, 0.25) is 0 Å². The van der Waals surface area contributed by atoms with E-state index in [-0.39, 0.29) is 23.6 Å². The van der Waals surface area contributed by atoms with Crippen molar-refractivity contribution in [2.75, 3.05) is 4.90 Å². The van der Waals surface area contributed by atoms with Crippen LogP contribution < -0.4 is 4.90 Å². The van der Waals surface area contributed by atoms with Crippen molar-refractivity contribution in [3.8, 4) is 5.82 Å². The zero-order valence-electron chi connectivity index (χ0n) is 18.0. The largest absolute Gasteiger partial charge is 0.433 e. The second kappa shape index (κ2) is 8.10. The van der Waals surface area contributed by atoms with E-state index >= 15 is 0 Å². The Bertz CT molecular complexity index is 1250. The van der Waals surface area contributed by atoms with Gasteiger partial charge in [-0.05, 0) is 49.4 Å². The van der Waals surface area contributed by atoms with E-state index in [1.54, 1.807) is 0 Å². The quantitative estimate of drug-likeness (QED) is 0.372. The summed E-state index contributed by atoms with van der Waals surface area (Å²) in [4.78, 5) is 12.8. The molecule has 1 saturated carbocycles. The summed E-state index contributed by atoms with van der Waals surface area (Å²) in [5.74, 6) is -0.691. The van der Waals surface area contributed by atoms with Gasteiger partial charge in [-0.15, -0.1) is 0 Å². The van der Waals surface area contributed by atoms with Crippen LogP contribution in [0.5, 0.6) is 0 Å². The monoisotopic (exact) mass is 521 g/mol. The Labute approximate surface area is 197 Å². The molecular formula is C22H16F9N5. The Hall–Kier alpha value is -3.32. The van der Waals surface area contributed by atoms with Crippen molar-refractivity contribution >= 4 is 5.82 Å². The smallest absolute Gasteiger partial charge is 0.343 e. The summed E-state index contributed by atoms with van der Waals surface area (Å²) in [5.41, 5.74) is -4.33. The first-order valence-electron chi connectivity index (χ1n) is 10.8. The fraction of sp³-hybridized carbons (Fsp3) is 0.409. The maximum Gasteiger partial charge on any atom is 0.433 e. The van der Waals surface area contributed by atoms with Gasteiger partial charge in [0, 0.05) is 18.4 Å². The van der Waals surface area contributed by atoms with E-state index in [1.807, 2.05) is 0 Å². The maximum absolute atomic E-state index is 13.5. The molecule has 0 amide bonds. The van der Waals surface area contributed by atoms with E-state index in [2.05, 4.69) is 15.0 Å². The van der Waals surface area contributed by atoms with Gasteiger partial charge in [0.1, 0.15) is 28.8 Å². The van der Waals surface area contributed by atoms with Crippen molar-refractivity contribution in [3.05, 3.63) is 65.5 Å². The van der Waals surface area contributed by atoms with Crippen molar-refractivity contribution in [3.63, 3.8) is 0 Å². The molecule has 3 aromatic heterocycles. The topological polar surface area (TPSA) is 46.8 Å². The fourth-order valence-electron chi connectivity index (χ4n) is 5.05. The van der Waals surface area contributed by atoms with Crippen LogP contribution in [0.25, 0.3) is 5.82 Å². The van der Waals surface area contributed by atoms with Gasteiger partial charge in [0.05, 0.1) is 11.6 Å². The van der Waals surface area contributed by atoms with Crippen LogP contribution in [0.15, 0.2) is 42.7 Å². The van der Waals surface area contributed by atoms with E-state index in [0.29, 0.717) is 25.3 Å². The average Bonchev–Trinajstić information content (AvgIpc) is 3.53. The highest BCUT2D eigenvalue weighted by Crippen LogP contribution is 2.52. The predicted molar refractivity (Wildman–Crippen MR) is 107 cm³/mol. The Kier molecular flexibility index (Phi) is 5.48. The van der Waals surface area contributed by atoms with E-state index in [1.165, 1.54) is 27.9 Å². The number of anilines is 1. The third-order valence-electron chi connectivity index (χ3n) is 6.48. The minimum absolute atomic E-state index is 0.0413. The van der Waals surface area contributed by atoms with E-state index in [9.17, 15) is 39.5 Å². The molecule has 36 heavy (non-hydrogen) atoms. The molecule has 1 saturated heterocycles. The molecule has 0 N–H and O–H groups in total. The van der Waals surface area contributed by atoms with Crippen molar-refractivity contribution in [2.24, 2.45) is 5.92 Å². The molecule has 5 rings (SSSR count). The van der Waals surface area contributed by atoms with Crippen LogP contribution in [-0.2, 0) is 18.5 Å². The molecule has 3 atom stereocenters. The normalized spacial score (nSPS) is 22.5. The summed E-state index contributed by atoms with van der Waals surface area (Å²) < 4.78 is 122. The minimum Gasteiger partial charge on any atom is -0.343 e. The summed E-state index contributed by atoms with van der Waals surface area (Å²) >= 11 is 0. The second-order valence-electron chi connectivity index (χ2n) is 8.71. The number of rotatable bonds is 3. The molecule has 1 aliphatic carbocycles. The number of aromatic nitrogens is 4. The highest BCUT2D eigenvalue weighted by atomic mass is 19.4. The molecule has 0 unspecified atom stereocenters. The number of fused-ring (bicyclic) bond motifs is 2. The summed E-state index contributed by atoms with van der Waals surface area (Å²) in [6.07, 6.45) is -10.6. The molecule has 1 aliphatic heterocycles. The Morgan fingerprint density at radius 1 is 0.778 bits per heavy atom. The van der Waals surface area contributed by atoms with Gasteiger partial charge in [-0.1, -0.05) is 6.07 Å². The zero-order chi connectivity index (χ0) is 26.0. The standard InChI is InChI=1S/C22H16F9N5/c23-20(24,25)12-9-15(22(29,30)31)34-17(10-12)36-13-5-4-11(8-13)18(36)19-32-6-7-35(19)16-3-1-2-14(33-16)21(26,27)28/h1-3,6-7,9-11,13,18H,4-5,8H2/t11-,13+,18-/m0/s1. The molecule has 2 fully saturated rings. The number of hydrogen-bond donors (Lipinski definition) is 0. The van der Waals surface area contributed by atoms with Crippen LogP contribution >= 0.6 is 0 Å². The molecule has 0 aromatic carbocycles. The van der Waals surface area contributed by atoms with E-state index < -0.39 is 53.4 Å². The minimum atomic E-state index is -5.12. The van der Waals surface area contributed by atoms with Crippen LogP contribution in [-0.4, -0.2) is 25.6 Å². The number of imidazole rings is 1. The summed E-state index contributed by atoms with van der Waals surface area (Å²) in [6.45, 7) is 0. The van der Waals surface area contributed by atoms with E-state index in [4.69, 9.17) is 0 Å². The third-order valence-corrected chi connectivity index (χ3v) is 6.48. The molecule has 4 heterocycles. The molecular weight excluding hydrogens is 505 g/mol. The van der Waals surface area contributed by atoms with Crippen LogP contribution in [0.1, 0.15) is 48.1 Å². The SMILES string of the molecule is FC(F)(F)c1cc(N2[C@@H]3CC[C@@H](C3)[C@H]2c2nccn2-c2cccc(C(F)(F)F)n2)nc(C(F)(F)F)c1. The maximum atomic E-state index is 13.5. The molecule has 192 valence electrons. The summed E-state index contributed by atoms with van der Waals surface area (Å²) in [7, 11) is 0. The Morgan fingerprint density at radius 2 is 1.47 bits per heavy atom. The molecule has 2 bridgehead atoms. The lowest BCUT2D eigenvalue weighted by Gasteiger charge is -2.36. The molecule has 2 aliphatic rings. The molecule has 0 radical (unpaired) electrons. The number of piperidine rings is 1. The van der Waals surface area contributed by atoms with Gasteiger partial charge < -0.3 is 4.90 Å². The number of alkyl halides is 9. The molecule has 5 nitrogen and oxygen atoms in total. The van der Waals surface area contributed by atoms with Crippen LogP contribution in [0.3, 0.4) is 0 Å². The van der Waals surface area contributed by atoms with Crippen molar-refractivity contribution in [1.29, 1.82) is 0 Å². The lowest BCUT2D eigenvalue weighted by atomic mass is 9.97. The van der Waals surface area contributed by atoms with Gasteiger partial charge in [-0.25, -0.2) is 15.0 Å². The first-order valence-corrected chi connectivity index (χ1v) is 10.8. The Balaban J connectivity index is 1.62. The predicted octanol–water partition coefficient (Wildman–Crippen LogP) is 6.45.